The molecule has 1 heterocycles. The number of amides is 1. The summed E-state index contributed by atoms with van der Waals surface area (Å²) in [5, 5.41) is 3.23. The molecule has 2 aromatic rings. The minimum absolute atomic E-state index is 0.0820. The van der Waals surface area contributed by atoms with Gasteiger partial charge in [0.25, 0.3) is 0 Å². The quantitative estimate of drug-likeness (QED) is 0.880. The van der Waals surface area contributed by atoms with Crippen molar-refractivity contribution in [2.75, 3.05) is 29.9 Å². The molecule has 1 N–H and O–H groups in total. The van der Waals surface area contributed by atoms with E-state index in [9.17, 15) is 4.79 Å². The van der Waals surface area contributed by atoms with Crippen molar-refractivity contribution in [3.8, 4) is 5.75 Å². The smallest absolute Gasteiger partial charge is 0.246 e. The second-order valence-corrected chi connectivity index (χ2v) is 6.48. The number of para-hydroxylation sites is 3. The molecule has 126 valence electrons. The summed E-state index contributed by atoms with van der Waals surface area (Å²) in [6.45, 7) is 5.91. The van der Waals surface area contributed by atoms with Crippen LogP contribution in [0.15, 0.2) is 48.5 Å². The minimum atomic E-state index is 0.0820. The first kappa shape index (κ1) is 16.4. The molecule has 0 saturated carbocycles. The van der Waals surface area contributed by atoms with Crippen molar-refractivity contribution in [1.29, 1.82) is 0 Å². The van der Waals surface area contributed by atoms with Crippen LogP contribution in [0.2, 0.25) is 0 Å². The van der Waals surface area contributed by atoms with Crippen molar-refractivity contribution in [1.82, 2.24) is 0 Å². The van der Waals surface area contributed by atoms with E-state index in [1.165, 1.54) is 5.56 Å². The molecule has 0 atom stereocenters. The largest absolute Gasteiger partial charge is 0.491 e. The molecule has 0 aliphatic carbocycles. The predicted molar refractivity (Wildman–Crippen MR) is 97.8 cm³/mol. The Morgan fingerprint density at radius 1 is 1.17 bits per heavy atom. The maximum absolute atomic E-state index is 12.6. The number of nitrogens with one attached hydrogen (secondary N) is 1. The number of hydrogen-bond donors (Lipinski definition) is 1. The fourth-order valence-corrected chi connectivity index (χ4v) is 2.86. The van der Waals surface area contributed by atoms with Crippen molar-refractivity contribution in [2.24, 2.45) is 5.92 Å². The van der Waals surface area contributed by atoms with Gasteiger partial charge in [0.2, 0.25) is 5.91 Å². The summed E-state index contributed by atoms with van der Waals surface area (Å²) in [7, 11) is 0. The number of rotatable bonds is 6. The highest BCUT2D eigenvalue weighted by Gasteiger charge is 2.23. The Balaban J connectivity index is 1.63. The first-order valence-corrected chi connectivity index (χ1v) is 8.49. The molecular formula is C20H24N2O2. The number of hydrogen-bond acceptors (Lipinski definition) is 3. The lowest BCUT2D eigenvalue weighted by molar-refractivity contribution is -0.116. The second kappa shape index (κ2) is 7.39. The monoisotopic (exact) mass is 324 g/mol. The van der Waals surface area contributed by atoms with E-state index in [4.69, 9.17) is 4.74 Å². The van der Waals surface area contributed by atoms with Crippen molar-refractivity contribution >= 4 is 17.3 Å². The summed E-state index contributed by atoms with van der Waals surface area (Å²) in [5.74, 6) is 1.33. The van der Waals surface area contributed by atoms with E-state index in [0.29, 0.717) is 12.5 Å². The maximum atomic E-state index is 12.6. The van der Waals surface area contributed by atoms with Crippen LogP contribution in [0.4, 0.5) is 11.4 Å². The van der Waals surface area contributed by atoms with Gasteiger partial charge in [0.05, 0.1) is 18.8 Å². The van der Waals surface area contributed by atoms with E-state index in [1.54, 1.807) is 0 Å². The molecule has 4 heteroatoms. The van der Waals surface area contributed by atoms with E-state index in [-0.39, 0.29) is 12.5 Å². The lowest BCUT2D eigenvalue weighted by Crippen LogP contribution is -2.34. The summed E-state index contributed by atoms with van der Waals surface area (Å²) < 4.78 is 5.83. The first-order chi connectivity index (χ1) is 11.6. The molecule has 3 rings (SSSR count). The van der Waals surface area contributed by atoms with Crippen molar-refractivity contribution in [2.45, 2.75) is 20.3 Å². The van der Waals surface area contributed by atoms with Crippen LogP contribution >= 0.6 is 0 Å². The number of carbonyl (C=O) groups excluding carboxylic acids is 1. The highest BCUT2D eigenvalue weighted by Crippen LogP contribution is 2.28. The number of ether oxygens (including phenoxy) is 1. The molecule has 0 saturated heterocycles. The average Bonchev–Trinajstić information content (AvgIpc) is 3.02. The van der Waals surface area contributed by atoms with Gasteiger partial charge in [-0.1, -0.05) is 44.2 Å². The molecule has 0 bridgehead atoms. The van der Waals surface area contributed by atoms with Crippen LogP contribution in [0.5, 0.6) is 5.75 Å². The van der Waals surface area contributed by atoms with Gasteiger partial charge in [0.15, 0.2) is 0 Å². The van der Waals surface area contributed by atoms with Crippen LogP contribution in [0.1, 0.15) is 19.4 Å². The Kier molecular flexibility index (Phi) is 5.04. The minimum Gasteiger partial charge on any atom is -0.491 e. The average molecular weight is 324 g/mol. The van der Waals surface area contributed by atoms with Gasteiger partial charge in [0.1, 0.15) is 5.75 Å². The molecule has 4 nitrogen and oxygen atoms in total. The van der Waals surface area contributed by atoms with E-state index in [1.807, 2.05) is 47.4 Å². The van der Waals surface area contributed by atoms with Crippen LogP contribution < -0.4 is 15.0 Å². The van der Waals surface area contributed by atoms with Crippen LogP contribution in [0.25, 0.3) is 0 Å². The van der Waals surface area contributed by atoms with Gasteiger partial charge >= 0.3 is 0 Å². The second-order valence-electron chi connectivity index (χ2n) is 6.48. The number of carbonyl (C=O) groups is 1. The molecular weight excluding hydrogens is 300 g/mol. The van der Waals surface area contributed by atoms with Gasteiger partial charge in [0, 0.05) is 12.2 Å². The summed E-state index contributed by atoms with van der Waals surface area (Å²) >= 11 is 0. The molecule has 0 unspecified atom stereocenters. The van der Waals surface area contributed by atoms with Crippen LogP contribution in [0, 0.1) is 5.92 Å². The van der Waals surface area contributed by atoms with Crippen molar-refractivity contribution in [3.05, 3.63) is 54.1 Å². The first-order valence-electron chi connectivity index (χ1n) is 8.49. The molecule has 0 radical (unpaired) electrons. The van der Waals surface area contributed by atoms with Gasteiger partial charge < -0.3 is 15.0 Å². The molecule has 1 amide bonds. The van der Waals surface area contributed by atoms with E-state index in [2.05, 4.69) is 25.2 Å². The standard InChI is InChI=1S/C20H24N2O2/c1-15(2)14-24-19-10-6-4-8-17(19)21-13-20(23)22-12-11-16-7-3-5-9-18(16)22/h3-10,15,21H,11-14H2,1-2H3. The van der Waals surface area contributed by atoms with Crippen molar-refractivity contribution in [3.63, 3.8) is 0 Å². The topological polar surface area (TPSA) is 41.6 Å². The Bertz CT molecular complexity index is 712. The van der Waals surface area contributed by atoms with Gasteiger partial charge in [-0.05, 0) is 36.1 Å². The Hall–Kier alpha value is -2.49. The van der Waals surface area contributed by atoms with Crippen LogP contribution in [-0.2, 0) is 11.2 Å². The van der Waals surface area contributed by atoms with Crippen molar-refractivity contribution < 1.29 is 9.53 Å². The van der Waals surface area contributed by atoms with Gasteiger partial charge in [-0.25, -0.2) is 0 Å². The number of anilines is 2. The maximum Gasteiger partial charge on any atom is 0.246 e. The van der Waals surface area contributed by atoms with Gasteiger partial charge in [-0.15, -0.1) is 0 Å². The molecule has 24 heavy (non-hydrogen) atoms. The Labute approximate surface area is 143 Å². The van der Waals surface area contributed by atoms with Gasteiger partial charge in [-0.2, -0.15) is 0 Å². The molecule has 1 aliphatic heterocycles. The van der Waals surface area contributed by atoms with Crippen LogP contribution in [-0.4, -0.2) is 25.6 Å². The number of nitrogens with zero attached hydrogens (tertiary/aromatic N) is 1. The zero-order chi connectivity index (χ0) is 16.9. The molecule has 0 fully saturated rings. The van der Waals surface area contributed by atoms with Crippen LogP contribution in [0.3, 0.4) is 0 Å². The lowest BCUT2D eigenvalue weighted by Gasteiger charge is -2.19. The van der Waals surface area contributed by atoms with E-state index < -0.39 is 0 Å². The third-order valence-corrected chi connectivity index (χ3v) is 4.08. The SMILES string of the molecule is CC(C)COc1ccccc1NCC(=O)N1CCc2ccccc21. The predicted octanol–water partition coefficient (Wildman–Crippen LogP) is 3.72. The third kappa shape index (κ3) is 3.70. The highest BCUT2D eigenvalue weighted by molar-refractivity contribution is 5.98. The number of benzene rings is 2. The normalized spacial score (nSPS) is 13.0. The fourth-order valence-electron chi connectivity index (χ4n) is 2.86. The Morgan fingerprint density at radius 2 is 1.92 bits per heavy atom. The highest BCUT2D eigenvalue weighted by atomic mass is 16.5. The summed E-state index contributed by atoms with van der Waals surface area (Å²) in [4.78, 5) is 14.4. The lowest BCUT2D eigenvalue weighted by atomic mass is 10.2. The van der Waals surface area contributed by atoms with E-state index in [0.717, 1.165) is 30.1 Å². The molecule has 0 spiro atoms. The number of fused-ring (bicyclic) bond motifs is 1. The molecule has 2 aromatic carbocycles. The third-order valence-electron chi connectivity index (χ3n) is 4.08. The molecule has 1 aliphatic rings. The Morgan fingerprint density at radius 3 is 2.75 bits per heavy atom. The summed E-state index contributed by atoms with van der Waals surface area (Å²) in [5.41, 5.74) is 3.14. The molecule has 0 aromatic heterocycles. The zero-order valence-electron chi connectivity index (χ0n) is 14.3. The van der Waals surface area contributed by atoms with Gasteiger partial charge in [-0.3, -0.25) is 4.79 Å². The zero-order valence-corrected chi connectivity index (χ0v) is 14.3. The summed E-state index contributed by atoms with van der Waals surface area (Å²) in [6, 6.07) is 15.9. The van der Waals surface area contributed by atoms with E-state index >= 15 is 0 Å². The fraction of sp³-hybridized carbons (Fsp3) is 0.350. The summed E-state index contributed by atoms with van der Waals surface area (Å²) in [6.07, 6.45) is 0.927.